The van der Waals surface area contributed by atoms with Gasteiger partial charge in [-0.25, -0.2) is 12.8 Å². The van der Waals surface area contributed by atoms with Crippen molar-refractivity contribution in [2.45, 2.75) is 43.9 Å². The van der Waals surface area contributed by atoms with Crippen LogP contribution in [-0.4, -0.2) is 51.0 Å². The van der Waals surface area contributed by atoms with Crippen LogP contribution in [0, 0.1) is 5.82 Å². The minimum Gasteiger partial charge on any atom is -0.484 e. The van der Waals surface area contributed by atoms with Gasteiger partial charge in [0.15, 0.2) is 6.61 Å². The Bertz CT molecular complexity index is 1710. The van der Waals surface area contributed by atoms with Gasteiger partial charge in [0.1, 0.15) is 17.6 Å². The van der Waals surface area contributed by atoms with Crippen LogP contribution in [-0.2, 0) is 30.9 Å². The number of carbonyl (C=O) groups excluding carboxylic acids is 2. The number of nitrogens with zero attached hydrogens (tertiary/aromatic N) is 1. The second-order valence-electron chi connectivity index (χ2n) is 10.9. The van der Waals surface area contributed by atoms with Crippen molar-refractivity contribution in [3.8, 4) is 5.75 Å². The molecule has 4 aromatic carbocycles. The number of nitrogens with one attached hydrogen (secondary N) is 2. The maximum atomic E-state index is 13.9. The van der Waals surface area contributed by atoms with E-state index in [4.69, 9.17) is 21.1 Å². The Morgan fingerprint density at radius 2 is 1.55 bits per heavy atom. The van der Waals surface area contributed by atoms with Gasteiger partial charge in [0, 0.05) is 30.4 Å². The van der Waals surface area contributed by atoms with Crippen LogP contribution in [0.3, 0.4) is 0 Å². The molecule has 4 rings (SSSR count). The monoisotopic (exact) mass is 681 g/mol. The lowest BCUT2D eigenvalue weighted by atomic mass is 10.0. The van der Waals surface area contributed by atoms with Gasteiger partial charge in [-0.05, 0) is 92.1 Å². The molecule has 1 unspecified atom stereocenters. The maximum absolute atomic E-state index is 13.9. The van der Waals surface area contributed by atoms with Crippen LogP contribution in [0.15, 0.2) is 108 Å². The van der Waals surface area contributed by atoms with Crippen molar-refractivity contribution < 1.29 is 31.9 Å². The summed E-state index contributed by atoms with van der Waals surface area (Å²) in [7, 11) is -3.96. The quantitative estimate of drug-likeness (QED) is 0.133. The number of sulfonamides is 1. The minimum absolute atomic E-state index is 0.0514. The van der Waals surface area contributed by atoms with E-state index < -0.39 is 34.4 Å². The van der Waals surface area contributed by atoms with Gasteiger partial charge in [-0.15, -0.1) is 0 Å². The van der Waals surface area contributed by atoms with E-state index in [-0.39, 0.29) is 34.9 Å². The number of hydrogen-bond acceptors (Lipinski definition) is 6. The number of ether oxygens (including phenoxy) is 2. The summed E-state index contributed by atoms with van der Waals surface area (Å²) in [4.78, 5) is 28.9. The number of rotatable bonds is 16. The van der Waals surface area contributed by atoms with Crippen molar-refractivity contribution >= 4 is 39.1 Å². The van der Waals surface area contributed by atoms with Crippen LogP contribution in [0.1, 0.15) is 37.4 Å². The van der Waals surface area contributed by atoms with Crippen molar-refractivity contribution in [3.63, 3.8) is 0 Å². The Balaban J connectivity index is 1.51. The molecule has 248 valence electrons. The number of halogens is 2. The average Bonchev–Trinajstić information content (AvgIpc) is 3.05. The molecule has 12 heteroatoms. The topological polar surface area (TPSA) is 114 Å². The molecule has 0 bridgehead atoms. The van der Waals surface area contributed by atoms with Gasteiger partial charge in [0.05, 0.1) is 11.0 Å². The molecule has 0 aliphatic heterocycles. The molecule has 0 radical (unpaired) electrons. The van der Waals surface area contributed by atoms with E-state index in [0.29, 0.717) is 30.2 Å². The lowest BCUT2D eigenvalue weighted by Gasteiger charge is -2.31. The molecule has 9 nitrogen and oxygen atoms in total. The molecule has 0 aromatic heterocycles. The summed E-state index contributed by atoms with van der Waals surface area (Å²) in [5.74, 6) is -1.07. The van der Waals surface area contributed by atoms with Crippen LogP contribution >= 0.6 is 11.6 Å². The summed E-state index contributed by atoms with van der Waals surface area (Å²) in [6.45, 7) is 4.39. The predicted molar refractivity (Wildman–Crippen MR) is 179 cm³/mol. The summed E-state index contributed by atoms with van der Waals surface area (Å²) < 4.78 is 52.6. The molecule has 2 amide bonds. The predicted octanol–water partition coefficient (Wildman–Crippen LogP) is 6.36. The fourth-order valence-corrected chi connectivity index (χ4v) is 5.78. The van der Waals surface area contributed by atoms with Gasteiger partial charge in [0.25, 0.3) is 15.9 Å². The summed E-state index contributed by atoms with van der Waals surface area (Å²) in [5.41, 5.74) is 1.58. The molecule has 0 aliphatic rings. The molecule has 0 fully saturated rings. The number of amides is 2. The zero-order valence-corrected chi connectivity index (χ0v) is 27.6. The van der Waals surface area contributed by atoms with Gasteiger partial charge in [-0.1, -0.05) is 54.1 Å². The van der Waals surface area contributed by atoms with Crippen LogP contribution < -0.4 is 14.8 Å². The van der Waals surface area contributed by atoms with E-state index in [1.54, 1.807) is 48.5 Å². The fraction of sp³-hybridized carbons (Fsp3) is 0.257. The Kier molecular flexibility index (Phi) is 12.7. The summed E-state index contributed by atoms with van der Waals surface area (Å²) in [6.07, 6.45) is 0.680. The molecule has 1 atom stereocenters. The van der Waals surface area contributed by atoms with Crippen molar-refractivity contribution in [1.82, 2.24) is 10.2 Å². The highest BCUT2D eigenvalue weighted by atomic mass is 35.5. The first-order valence-corrected chi connectivity index (χ1v) is 16.9. The van der Waals surface area contributed by atoms with E-state index in [1.165, 1.54) is 41.3 Å². The zero-order chi connectivity index (χ0) is 33.8. The number of benzene rings is 4. The van der Waals surface area contributed by atoms with Crippen molar-refractivity contribution in [3.05, 3.63) is 125 Å². The molecule has 0 saturated carbocycles. The second kappa shape index (κ2) is 16.9. The van der Waals surface area contributed by atoms with Gasteiger partial charge in [-0.3, -0.25) is 14.3 Å². The van der Waals surface area contributed by atoms with Gasteiger partial charge < -0.3 is 19.7 Å². The third kappa shape index (κ3) is 10.8. The van der Waals surface area contributed by atoms with Crippen LogP contribution in [0.4, 0.5) is 10.1 Å². The second-order valence-corrected chi connectivity index (χ2v) is 13.0. The first-order chi connectivity index (χ1) is 22.5. The summed E-state index contributed by atoms with van der Waals surface area (Å²) >= 11 is 6.09. The third-order valence-electron chi connectivity index (χ3n) is 6.93. The third-order valence-corrected chi connectivity index (χ3v) is 8.58. The highest BCUT2D eigenvalue weighted by Crippen LogP contribution is 2.26. The molecule has 4 aromatic rings. The Morgan fingerprint density at radius 1 is 0.894 bits per heavy atom. The van der Waals surface area contributed by atoms with Crippen molar-refractivity contribution in [2.24, 2.45) is 0 Å². The van der Waals surface area contributed by atoms with Crippen molar-refractivity contribution in [2.75, 3.05) is 24.5 Å². The molecular formula is C35H37ClFN3O6S. The SMILES string of the molecule is CC(C)OCCCNC(=O)C(c1ccccc1)N(Cc1ccc(Cl)cc1)C(=O)COc1ccc(S(=O)(=O)Nc2ccc(F)cc2)cc1. The zero-order valence-electron chi connectivity index (χ0n) is 26.1. The van der Waals surface area contributed by atoms with Gasteiger partial charge >= 0.3 is 0 Å². The number of carbonyl (C=O) groups is 2. The molecular weight excluding hydrogens is 645 g/mol. The molecule has 0 spiro atoms. The Morgan fingerprint density at radius 3 is 2.19 bits per heavy atom. The lowest BCUT2D eigenvalue weighted by molar-refractivity contribution is -0.143. The lowest BCUT2D eigenvalue weighted by Crippen LogP contribution is -2.45. The highest BCUT2D eigenvalue weighted by molar-refractivity contribution is 7.92. The van der Waals surface area contributed by atoms with Gasteiger partial charge in [0.2, 0.25) is 5.91 Å². The summed E-state index contributed by atoms with van der Waals surface area (Å²) in [5, 5.41) is 3.48. The van der Waals surface area contributed by atoms with Crippen LogP contribution in [0.25, 0.3) is 0 Å². The first kappa shape index (κ1) is 35.4. The van der Waals surface area contributed by atoms with Crippen LogP contribution in [0.2, 0.25) is 5.02 Å². The number of hydrogen-bond donors (Lipinski definition) is 2. The fourth-order valence-electron chi connectivity index (χ4n) is 4.59. The van der Waals surface area contributed by atoms with E-state index in [9.17, 15) is 22.4 Å². The van der Waals surface area contributed by atoms with E-state index in [0.717, 1.165) is 17.7 Å². The smallest absolute Gasteiger partial charge is 0.261 e. The highest BCUT2D eigenvalue weighted by Gasteiger charge is 2.32. The average molecular weight is 682 g/mol. The number of anilines is 1. The van der Waals surface area contributed by atoms with E-state index in [1.807, 2.05) is 19.9 Å². The molecule has 0 saturated heterocycles. The standard InChI is InChI=1S/C35H37ClFN3O6S/c1-25(2)45-22-6-21-38-35(42)34(27-7-4-3-5-8-27)40(23-26-9-11-28(36)12-10-26)33(41)24-46-31-17-19-32(20-18-31)47(43,44)39-30-15-13-29(37)14-16-30/h3-5,7-20,25,34,39H,6,21-24H2,1-2H3,(H,38,42). The van der Waals surface area contributed by atoms with Crippen LogP contribution in [0.5, 0.6) is 5.75 Å². The maximum Gasteiger partial charge on any atom is 0.261 e. The first-order valence-electron chi connectivity index (χ1n) is 15.0. The molecule has 47 heavy (non-hydrogen) atoms. The Hall–Kier alpha value is -4.45. The summed E-state index contributed by atoms with van der Waals surface area (Å²) in [6, 6.07) is 25.5. The van der Waals surface area contributed by atoms with E-state index >= 15 is 0 Å². The van der Waals surface area contributed by atoms with Crippen molar-refractivity contribution in [1.29, 1.82) is 0 Å². The molecule has 0 aliphatic carbocycles. The van der Waals surface area contributed by atoms with E-state index in [2.05, 4.69) is 10.0 Å². The minimum atomic E-state index is -3.96. The molecule has 0 heterocycles. The Labute approximate surface area is 279 Å². The normalized spacial score (nSPS) is 11.9. The van der Waals surface area contributed by atoms with Gasteiger partial charge in [-0.2, -0.15) is 0 Å². The largest absolute Gasteiger partial charge is 0.484 e. The molecule has 2 N–H and O–H groups in total.